The molecule has 0 radical (unpaired) electrons. The van der Waals surface area contributed by atoms with Crippen LogP contribution in [0.3, 0.4) is 0 Å². The summed E-state index contributed by atoms with van der Waals surface area (Å²) in [6, 6.07) is 15.9. The zero-order valence-corrected chi connectivity index (χ0v) is 18.9. The van der Waals surface area contributed by atoms with Crippen molar-refractivity contribution in [2.45, 2.75) is 16.6 Å². The van der Waals surface area contributed by atoms with Gasteiger partial charge < -0.3 is 14.8 Å². The second-order valence-electron chi connectivity index (χ2n) is 6.24. The van der Waals surface area contributed by atoms with Crippen molar-refractivity contribution < 1.29 is 9.47 Å². The summed E-state index contributed by atoms with van der Waals surface area (Å²) < 4.78 is 11.3. The van der Waals surface area contributed by atoms with E-state index in [1.807, 2.05) is 48.5 Å². The number of methoxy groups -OCH3 is 2. The van der Waals surface area contributed by atoms with Gasteiger partial charge in [-0.05, 0) is 42.0 Å². The van der Waals surface area contributed by atoms with Crippen LogP contribution in [-0.2, 0) is 12.3 Å². The Morgan fingerprint density at radius 1 is 0.933 bits per heavy atom. The number of hydrogen-bond donors (Lipinski definition) is 1. The van der Waals surface area contributed by atoms with Crippen LogP contribution in [0.5, 0.6) is 11.5 Å². The SMILES string of the molecule is COc1ccc(CNc2nnc(SCc3csc(-c4ccc(OC)cc4)n3)s2)cc1. The lowest BCUT2D eigenvalue weighted by Gasteiger charge is -2.03. The van der Waals surface area contributed by atoms with Gasteiger partial charge in [-0.1, -0.05) is 35.2 Å². The van der Waals surface area contributed by atoms with Gasteiger partial charge in [0.05, 0.1) is 19.9 Å². The molecule has 4 rings (SSSR count). The highest BCUT2D eigenvalue weighted by Gasteiger charge is 2.09. The molecule has 0 saturated heterocycles. The third-order valence-corrected chi connectivity index (χ3v) is 7.23. The number of benzene rings is 2. The van der Waals surface area contributed by atoms with Gasteiger partial charge in [0.25, 0.3) is 0 Å². The molecule has 0 fully saturated rings. The third-order valence-electron chi connectivity index (χ3n) is 4.24. The van der Waals surface area contributed by atoms with E-state index in [4.69, 9.17) is 14.5 Å². The van der Waals surface area contributed by atoms with Gasteiger partial charge in [0.15, 0.2) is 4.34 Å². The fourth-order valence-corrected chi connectivity index (χ4v) is 5.21. The molecular weight excluding hydrogens is 436 g/mol. The van der Waals surface area contributed by atoms with Crippen LogP contribution in [0.1, 0.15) is 11.3 Å². The van der Waals surface area contributed by atoms with E-state index in [2.05, 4.69) is 20.9 Å². The van der Waals surface area contributed by atoms with Gasteiger partial charge >= 0.3 is 0 Å². The molecule has 0 bridgehead atoms. The highest BCUT2D eigenvalue weighted by atomic mass is 32.2. The van der Waals surface area contributed by atoms with Gasteiger partial charge in [-0.15, -0.1) is 21.5 Å². The average Bonchev–Trinajstić information content (AvgIpc) is 3.46. The van der Waals surface area contributed by atoms with Crippen LogP contribution in [0.15, 0.2) is 58.3 Å². The average molecular weight is 457 g/mol. The molecule has 4 aromatic rings. The molecule has 2 aromatic carbocycles. The molecule has 6 nitrogen and oxygen atoms in total. The second-order valence-corrected chi connectivity index (χ2v) is 9.29. The summed E-state index contributed by atoms with van der Waals surface area (Å²) in [5.41, 5.74) is 3.30. The third kappa shape index (κ3) is 5.29. The van der Waals surface area contributed by atoms with Crippen LogP contribution in [0.25, 0.3) is 10.6 Å². The molecule has 9 heteroatoms. The zero-order chi connectivity index (χ0) is 20.8. The first-order valence-corrected chi connectivity index (χ1v) is 11.8. The molecule has 0 unspecified atom stereocenters. The summed E-state index contributed by atoms with van der Waals surface area (Å²) in [6.07, 6.45) is 0. The van der Waals surface area contributed by atoms with E-state index in [0.717, 1.165) is 48.6 Å². The number of nitrogens with zero attached hydrogens (tertiary/aromatic N) is 3. The fourth-order valence-electron chi connectivity index (χ4n) is 2.64. The van der Waals surface area contributed by atoms with E-state index in [1.165, 1.54) is 0 Å². The van der Waals surface area contributed by atoms with Crippen LogP contribution in [0, 0.1) is 0 Å². The minimum atomic E-state index is 0.695. The standard InChI is InChI=1S/C21H20N4O2S3/c1-26-17-7-3-14(4-8-17)11-22-20-24-25-21(30-20)29-13-16-12-28-19(23-16)15-5-9-18(27-2)10-6-15/h3-10,12H,11,13H2,1-2H3,(H,22,24). The first-order chi connectivity index (χ1) is 14.7. The molecule has 0 amide bonds. The summed E-state index contributed by atoms with van der Waals surface area (Å²) in [5.74, 6) is 2.46. The molecule has 2 heterocycles. The van der Waals surface area contributed by atoms with Crippen molar-refractivity contribution in [2.24, 2.45) is 0 Å². The van der Waals surface area contributed by atoms with E-state index < -0.39 is 0 Å². The first kappa shape index (κ1) is 20.6. The van der Waals surface area contributed by atoms with Gasteiger partial charge in [0.1, 0.15) is 16.5 Å². The number of thiazole rings is 1. The summed E-state index contributed by atoms with van der Waals surface area (Å²) in [4.78, 5) is 4.74. The van der Waals surface area contributed by atoms with Crippen molar-refractivity contribution in [3.05, 3.63) is 65.2 Å². The van der Waals surface area contributed by atoms with Crippen molar-refractivity contribution in [1.82, 2.24) is 15.2 Å². The number of nitrogens with one attached hydrogen (secondary N) is 1. The molecule has 2 aromatic heterocycles. The smallest absolute Gasteiger partial charge is 0.206 e. The van der Waals surface area contributed by atoms with Gasteiger partial charge in [0.2, 0.25) is 5.13 Å². The maximum atomic E-state index is 5.21. The van der Waals surface area contributed by atoms with E-state index in [-0.39, 0.29) is 0 Å². The Kier molecular flexibility index (Phi) is 6.83. The Balaban J connectivity index is 1.29. The Labute approximate surface area is 187 Å². The molecule has 0 aliphatic rings. The summed E-state index contributed by atoms with van der Waals surface area (Å²) in [6.45, 7) is 0.695. The Hall–Kier alpha value is -2.62. The van der Waals surface area contributed by atoms with Gasteiger partial charge in [0, 0.05) is 23.2 Å². The lowest BCUT2D eigenvalue weighted by Crippen LogP contribution is -1.98. The van der Waals surface area contributed by atoms with E-state index in [9.17, 15) is 0 Å². The molecular formula is C21H20N4O2S3. The van der Waals surface area contributed by atoms with Crippen LogP contribution >= 0.6 is 34.4 Å². The van der Waals surface area contributed by atoms with Crippen molar-refractivity contribution in [3.8, 4) is 22.1 Å². The van der Waals surface area contributed by atoms with E-state index in [0.29, 0.717) is 6.54 Å². The summed E-state index contributed by atoms with van der Waals surface area (Å²) in [7, 11) is 3.33. The Bertz CT molecular complexity index is 1080. The number of aromatic nitrogens is 3. The number of thioether (sulfide) groups is 1. The number of rotatable bonds is 9. The second kappa shape index (κ2) is 9.92. The van der Waals surface area contributed by atoms with Crippen LogP contribution in [0.2, 0.25) is 0 Å². The molecule has 0 saturated carbocycles. The zero-order valence-electron chi connectivity index (χ0n) is 16.5. The largest absolute Gasteiger partial charge is 0.497 e. The number of hydrogen-bond acceptors (Lipinski definition) is 9. The number of ether oxygens (including phenoxy) is 2. The van der Waals surface area contributed by atoms with Gasteiger partial charge in [-0.3, -0.25) is 0 Å². The molecule has 0 spiro atoms. The van der Waals surface area contributed by atoms with Crippen molar-refractivity contribution in [2.75, 3.05) is 19.5 Å². The lowest BCUT2D eigenvalue weighted by atomic mass is 10.2. The predicted octanol–water partition coefficient (Wildman–Crippen LogP) is 5.58. The molecule has 1 N–H and O–H groups in total. The molecule has 0 aliphatic heterocycles. The van der Waals surface area contributed by atoms with Crippen LogP contribution in [0.4, 0.5) is 5.13 Å². The van der Waals surface area contributed by atoms with E-state index in [1.54, 1.807) is 48.7 Å². The molecule has 30 heavy (non-hydrogen) atoms. The lowest BCUT2D eigenvalue weighted by molar-refractivity contribution is 0.414. The number of anilines is 1. The molecule has 0 aliphatic carbocycles. The highest BCUT2D eigenvalue weighted by molar-refractivity contribution is 8.00. The van der Waals surface area contributed by atoms with Crippen molar-refractivity contribution >= 4 is 39.6 Å². The maximum Gasteiger partial charge on any atom is 0.206 e. The summed E-state index contributed by atoms with van der Waals surface area (Å²) in [5, 5.41) is 15.7. The Morgan fingerprint density at radius 3 is 2.33 bits per heavy atom. The first-order valence-electron chi connectivity index (χ1n) is 9.15. The van der Waals surface area contributed by atoms with Gasteiger partial charge in [-0.25, -0.2) is 4.98 Å². The molecule has 0 atom stereocenters. The quantitative estimate of drug-likeness (QED) is 0.330. The Morgan fingerprint density at radius 2 is 1.63 bits per heavy atom. The topological polar surface area (TPSA) is 69.2 Å². The predicted molar refractivity (Wildman–Crippen MR) is 124 cm³/mol. The summed E-state index contributed by atoms with van der Waals surface area (Å²) >= 11 is 4.85. The normalized spacial score (nSPS) is 10.7. The highest BCUT2D eigenvalue weighted by Crippen LogP contribution is 2.31. The minimum absolute atomic E-state index is 0.695. The van der Waals surface area contributed by atoms with Gasteiger partial charge in [-0.2, -0.15) is 0 Å². The minimum Gasteiger partial charge on any atom is -0.497 e. The monoisotopic (exact) mass is 456 g/mol. The van der Waals surface area contributed by atoms with Crippen molar-refractivity contribution in [3.63, 3.8) is 0 Å². The van der Waals surface area contributed by atoms with Crippen molar-refractivity contribution in [1.29, 1.82) is 0 Å². The maximum absolute atomic E-state index is 5.21. The molecule has 154 valence electrons. The van der Waals surface area contributed by atoms with Crippen LogP contribution in [-0.4, -0.2) is 29.4 Å². The van der Waals surface area contributed by atoms with Crippen LogP contribution < -0.4 is 14.8 Å². The fraction of sp³-hybridized carbons (Fsp3) is 0.190. The van der Waals surface area contributed by atoms with E-state index >= 15 is 0 Å².